The maximum atomic E-state index is 13.9. The molecule has 1 saturated heterocycles. The number of thioether (sulfide) groups is 1. The Morgan fingerprint density at radius 3 is 2.42 bits per heavy atom. The Morgan fingerprint density at radius 2 is 1.71 bits per heavy atom. The van der Waals surface area contributed by atoms with Gasteiger partial charge in [-0.05, 0) is 72.1 Å². The summed E-state index contributed by atoms with van der Waals surface area (Å²) in [5, 5.41) is 20.7. The van der Waals surface area contributed by atoms with Crippen molar-refractivity contribution in [2.75, 3.05) is 4.90 Å². The number of hydrogen-bond acceptors (Lipinski definition) is 8. The molecule has 6 rings (SSSR count). The van der Waals surface area contributed by atoms with Gasteiger partial charge in [-0.1, -0.05) is 88.8 Å². The van der Waals surface area contributed by atoms with Crippen molar-refractivity contribution >= 4 is 57.3 Å². The van der Waals surface area contributed by atoms with Gasteiger partial charge in [-0.25, -0.2) is 4.39 Å². The zero-order valence-electron chi connectivity index (χ0n) is 23.8. The third kappa shape index (κ3) is 6.78. The molecule has 1 aliphatic rings. The maximum Gasteiger partial charge on any atom is 0.301 e. The fraction of sp³-hybridized carbons (Fsp3) is 0.118. The number of hydrogen-bond donors (Lipinski definition) is 1. The van der Waals surface area contributed by atoms with E-state index in [9.17, 15) is 19.1 Å². The molecule has 0 saturated carbocycles. The number of anilines is 1. The minimum absolute atomic E-state index is 0.134. The molecule has 1 aromatic heterocycles. The first-order valence-electron chi connectivity index (χ1n) is 13.8. The Morgan fingerprint density at radius 1 is 0.978 bits per heavy atom. The second-order valence-corrected chi connectivity index (χ2v) is 12.9. The molecule has 11 heteroatoms. The van der Waals surface area contributed by atoms with Gasteiger partial charge in [0.25, 0.3) is 5.78 Å². The highest BCUT2D eigenvalue weighted by Crippen LogP contribution is 2.44. The van der Waals surface area contributed by atoms with Crippen LogP contribution in [0.5, 0.6) is 5.75 Å². The third-order valence-electron chi connectivity index (χ3n) is 7.12. The predicted molar refractivity (Wildman–Crippen MR) is 174 cm³/mol. The number of aryl methyl sites for hydroxylation is 1. The van der Waals surface area contributed by atoms with Crippen molar-refractivity contribution in [1.29, 1.82) is 0 Å². The molecule has 0 radical (unpaired) electrons. The van der Waals surface area contributed by atoms with Gasteiger partial charge in [0.15, 0.2) is 4.34 Å². The van der Waals surface area contributed by atoms with Gasteiger partial charge in [0.05, 0.1) is 11.6 Å². The summed E-state index contributed by atoms with van der Waals surface area (Å²) >= 11 is 8.55. The van der Waals surface area contributed by atoms with Gasteiger partial charge >= 0.3 is 5.91 Å². The van der Waals surface area contributed by atoms with Crippen molar-refractivity contribution in [3.8, 4) is 5.75 Å². The van der Waals surface area contributed by atoms with Crippen LogP contribution in [0.25, 0.3) is 5.76 Å². The first-order chi connectivity index (χ1) is 21.8. The highest BCUT2D eigenvalue weighted by molar-refractivity contribution is 8.00. The summed E-state index contributed by atoms with van der Waals surface area (Å²) in [5.74, 6) is -1.43. The van der Waals surface area contributed by atoms with E-state index in [1.807, 2.05) is 43.3 Å². The van der Waals surface area contributed by atoms with Gasteiger partial charge in [0.1, 0.15) is 23.9 Å². The molecule has 7 nitrogen and oxygen atoms in total. The number of rotatable bonds is 9. The average Bonchev–Trinajstić information content (AvgIpc) is 3.62. The van der Waals surface area contributed by atoms with Crippen molar-refractivity contribution in [3.05, 3.63) is 141 Å². The fourth-order valence-electron chi connectivity index (χ4n) is 4.91. The molecule has 0 aliphatic carbocycles. The smallest absolute Gasteiger partial charge is 0.301 e. The summed E-state index contributed by atoms with van der Waals surface area (Å²) in [6.45, 7) is 2.38. The normalized spacial score (nSPS) is 15.9. The Hall–Kier alpha value is -4.51. The molecule has 4 aromatic carbocycles. The number of nitrogens with zero attached hydrogens (tertiary/aromatic N) is 3. The van der Waals surface area contributed by atoms with Gasteiger partial charge in [-0.3, -0.25) is 14.5 Å². The molecule has 1 atom stereocenters. The highest BCUT2D eigenvalue weighted by Gasteiger charge is 2.48. The fourth-order valence-corrected chi connectivity index (χ4v) is 6.86. The topological polar surface area (TPSA) is 92.6 Å². The molecule has 0 bridgehead atoms. The molecule has 5 aromatic rings. The van der Waals surface area contributed by atoms with Crippen LogP contribution in [0.4, 0.5) is 9.52 Å². The molecule has 1 amide bonds. The zero-order chi connectivity index (χ0) is 31.5. The number of aliphatic hydroxyl groups is 1. The number of carbonyl (C=O) groups is 2. The van der Waals surface area contributed by atoms with Crippen molar-refractivity contribution in [2.45, 2.75) is 29.7 Å². The van der Waals surface area contributed by atoms with Crippen molar-refractivity contribution in [3.63, 3.8) is 0 Å². The summed E-state index contributed by atoms with van der Waals surface area (Å²) in [6.07, 6.45) is 0. The largest absolute Gasteiger partial charge is 0.507 e. The monoisotopic (exact) mass is 657 g/mol. The molecule has 0 spiro atoms. The number of amides is 1. The SMILES string of the molecule is Cc1cccc(COc2ccc(C(O)=C3C(=O)C(=O)N(c4nnc(SCc5ccc(Cl)cc5)s4)C3c3ccc(F)cc3)cc2)c1. The lowest BCUT2D eigenvalue weighted by Gasteiger charge is -2.22. The Bertz CT molecular complexity index is 1890. The Balaban J connectivity index is 1.29. The number of ketones is 1. The van der Waals surface area contributed by atoms with Gasteiger partial charge < -0.3 is 9.84 Å². The van der Waals surface area contributed by atoms with Crippen LogP contribution in [-0.2, 0) is 21.9 Å². The molecule has 1 unspecified atom stereocenters. The number of benzene rings is 4. The lowest BCUT2D eigenvalue weighted by Crippen LogP contribution is -2.29. The number of carbonyl (C=O) groups excluding carboxylic acids is 2. The number of aliphatic hydroxyl groups excluding tert-OH is 1. The van der Waals surface area contributed by atoms with E-state index in [0.29, 0.717) is 38.6 Å². The number of ether oxygens (including phenoxy) is 1. The van der Waals surface area contributed by atoms with Crippen molar-refractivity contribution in [1.82, 2.24) is 10.2 Å². The molecular formula is C34H25ClFN3O4S2. The molecule has 1 aliphatic heterocycles. The minimum Gasteiger partial charge on any atom is -0.507 e. The van der Waals surface area contributed by atoms with E-state index in [0.717, 1.165) is 28.0 Å². The summed E-state index contributed by atoms with van der Waals surface area (Å²) in [7, 11) is 0. The van der Waals surface area contributed by atoms with Crippen LogP contribution in [-0.4, -0.2) is 27.0 Å². The van der Waals surface area contributed by atoms with Crippen LogP contribution in [0.2, 0.25) is 5.02 Å². The lowest BCUT2D eigenvalue weighted by atomic mass is 9.95. The van der Waals surface area contributed by atoms with Crippen LogP contribution in [0.1, 0.15) is 33.9 Å². The standard InChI is InChI=1S/C34H25ClFN3O4S2/c1-20-3-2-4-22(17-20)18-43-27-15-9-24(10-16-27)30(40)28-29(23-7-13-26(36)14-8-23)39(32(42)31(28)41)33-37-38-34(45-33)44-19-21-5-11-25(35)12-6-21/h2-17,29,40H,18-19H2,1H3. The number of halogens is 2. The van der Waals surface area contributed by atoms with Crippen molar-refractivity contribution < 1.29 is 23.8 Å². The quantitative estimate of drug-likeness (QED) is 0.0562. The van der Waals surface area contributed by atoms with E-state index in [4.69, 9.17) is 16.3 Å². The zero-order valence-corrected chi connectivity index (χ0v) is 26.2. The predicted octanol–water partition coefficient (Wildman–Crippen LogP) is 8.14. The van der Waals surface area contributed by atoms with Crippen LogP contribution >= 0.6 is 34.7 Å². The third-order valence-corrected chi connectivity index (χ3v) is 9.50. The van der Waals surface area contributed by atoms with E-state index >= 15 is 0 Å². The average molecular weight is 658 g/mol. The molecule has 2 heterocycles. The van der Waals surface area contributed by atoms with E-state index < -0.39 is 23.5 Å². The first kappa shape index (κ1) is 30.5. The van der Waals surface area contributed by atoms with Crippen molar-refractivity contribution in [2.24, 2.45) is 0 Å². The number of Topliss-reactive ketones (excluding diaryl/α,β-unsaturated/α-hetero) is 1. The lowest BCUT2D eigenvalue weighted by molar-refractivity contribution is -0.132. The van der Waals surface area contributed by atoms with E-state index in [1.165, 1.54) is 40.9 Å². The first-order valence-corrected chi connectivity index (χ1v) is 16.0. The minimum atomic E-state index is -1.05. The van der Waals surface area contributed by atoms with Gasteiger partial charge in [0.2, 0.25) is 5.13 Å². The van der Waals surface area contributed by atoms with Crippen LogP contribution < -0.4 is 9.64 Å². The summed E-state index contributed by atoms with van der Waals surface area (Å²) in [4.78, 5) is 28.2. The number of aromatic nitrogens is 2. The highest BCUT2D eigenvalue weighted by atomic mass is 35.5. The molecule has 226 valence electrons. The Kier molecular flexibility index (Phi) is 8.97. The van der Waals surface area contributed by atoms with E-state index in [-0.39, 0.29) is 16.5 Å². The van der Waals surface area contributed by atoms with Crippen LogP contribution in [0.3, 0.4) is 0 Å². The maximum absolute atomic E-state index is 13.9. The van der Waals surface area contributed by atoms with Crippen LogP contribution in [0.15, 0.2) is 107 Å². The summed E-state index contributed by atoms with van der Waals surface area (Å²) < 4.78 is 20.4. The van der Waals surface area contributed by atoms with E-state index in [1.54, 1.807) is 36.4 Å². The second kappa shape index (κ2) is 13.2. The Labute approximate surface area is 272 Å². The van der Waals surface area contributed by atoms with Gasteiger partial charge in [0, 0.05) is 16.3 Å². The van der Waals surface area contributed by atoms with Crippen LogP contribution in [0, 0.1) is 12.7 Å². The molecular weight excluding hydrogens is 633 g/mol. The summed E-state index contributed by atoms with van der Waals surface area (Å²) in [5.41, 5.74) is 3.79. The molecule has 1 fully saturated rings. The van der Waals surface area contributed by atoms with E-state index in [2.05, 4.69) is 10.2 Å². The molecule has 1 N–H and O–H groups in total. The summed E-state index contributed by atoms with van der Waals surface area (Å²) in [6, 6.07) is 26.4. The van der Waals surface area contributed by atoms with Gasteiger partial charge in [-0.2, -0.15) is 0 Å². The second-order valence-electron chi connectivity index (χ2n) is 10.3. The van der Waals surface area contributed by atoms with Gasteiger partial charge in [-0.15, -0.1) is 10.2 Å². The molecule has 45 heavy (non-hydrogen) atoms.